The molecule has 1 aliphatic carbocycles. The van der Waals surface area contributed by atoms with Crippen LogP contribution in [0.1, 0.15) is 42.2 Å². The summed E-state index contributed by atoms with van der Waals surface area (Å²) in [7, 11) is 0. The van der Waals surface area contributed by atoms with Crippen molar-refractivity contribution in [2.45, 2.75) is 38.6 Å². The first-order valence-corrected chi connectivity index (χ1v) is 6.79. The number of hydrogen-bond donors (Lipinski definition) is 1. The number of aryl methyl sites for hydroxylation is 1. The summed E-state index contributed by atoms with van der Waals surface area (Å²) in [6, 6.07) is 2.48. The third-order valence-electron chi connectivity index (χ3n) is 3.05. The molecule has 1 aliphatic rings. The average molecular weight is 274 g/mol. The summed E-state index contributed by atoms with van der Waals surface area (Å²) in [5.74, 6) is 0.895. The minimum atomic E-state index is 0.260. The van der Waals surface area contributed by atoms with Crippen molar-refractivity contribution in [3.8, 4) is 0 Å². The van der Waals surface area contributed by atoms with E-state index in [0.29, 0.717) is 0 Å². The number of rotatable bonds is 3. The molecule has 1 aromatic heterocycles. The van der Waals surface area contributed by atoms with E-state index in [1.807, 2.05) is 0 Å². The average Bonchev–Trinajstić information content (AvgIpc) is 2.40. The third kappa shape index (κ3) is 2.20. The zero-order valence-electron chi connectivity index (χ0n) is 8.42. The Morgan fingerprint density at radius 3 is 2.79 bits per heavy atom. The summed E-state index contributed by atoms with van der Waals surface area (Å²) >= 11 is 5.34. The molecule has 2 N–H and O–H groups in total. The molecule has 1 heterocycles. The van der Waals surface area contributed by atoms with Crippen molar-refractivity contribution in [3.05, 3.63) is 20.3 Å². The maximum absolute atomic E-state index is 6.18. The standard InChI is InChI=1S/C11H16BrNS/c1-7-5-10(14-11(7)12)9(13)6-8-3-2-4-8/h5,8-9H,2-4,6,13H2,1H3. The van der Waals surface area contributed by atoms with Gasteiger partial charge in [-0.15, -0.1) is 11.3 Å². The lowest BCUT2D eigenvalue weighted by Gasteiger charge is -2.27. The molecule has 0 bridgehead atoms. The van der Waals surface area contributed by atoms with Gasteiger partial charge in [-0.25, -0.2) is 0 Å². The molecule has 1 aromatic rings. The van der Waals surface area contributed by atoms with E-state index in [2.05, 4.69) is 28.9 Å². The number of halogens is 1. The second-order valence-electron chi connectivity index (χ2n) is 4.24. The highest BCUT2D eigenvalue weighted by Gasteiger charge is 2.22. The van der Waals surface area contributed by atoms with Crippen LogP contribution in [-0.4, -0.2) is 0 Å². The van der Waals surface area contributed by atoms with E-state index < -0.39 is 0 Å². The van der Waals surface area contributed by atoms with Crippen molar-refractivity contribution in [2.75, 3.05) is 0 Å². The van der Waals surface area contributed by atoms with E-state index >= 15 is 0 Å². The van der Waals surface area contributed by atoms with Crippen LogP contribution >= 0.6 is 27.3 Å². The summed E-state index contributed by atoms with van der Waals surface area (Å²) in [4.78, 5) is 1.33. The molecule has 2 rings (SSSR count). The van der Waals surface area contributed by atoms with E-state index in [4.69, 9.17) is 5.73 Å². The zero-order chi connectivity index (χ0) is 10.1. The first kappa shape index (κ1) is 10.7. The number of nitrogens with two attached hydrogens (primary N) is 1. The maximum atomic E-state index is 6.18. The summed E-state index contributed by atoms with van der Waals surface area (Å²) in [5.41, 5.74) is 7.49. The van der Waals surface area contributed by atoms with Crippen LogP contribution in [0, 0.1) is 12.8 Å². The van der Waals surface area contributed by atoms with E-state index in [0.717, 1.165) is 5.92 Å². The van der Waals surface area contributed by atoms with Crippen LogP contribution in [0.25, 0.3) is 0 Å². The fraction of sp³-hybridized carbons (Fsp3) is 0.636. The Morgan fingerprint density at radius 1 is 1.64 bits per heavy atom. The van der Waals surface area contributed by atoms with Crippen molar-refractivity contribution in [3.63, 3.8) is 0 Å². The summed E-state index contributed by atoms with van der Waals surface area (Å²) in [6.45, 7) is 2.13. The van der Waals surface area contributed by atoms with Gasteiger partial charge in [0.05, 0.1) is 3.79 Å². The smallest absolute Gasteiger partial charge is 0.0731 e. The predicted molar refractivity (Wildman–Crippen MR) is 65.6 cm³/mol. The fourth-order valence-electron chi connectivity index (χ4n) is 1.87. The highest BCUT2D eigenvalue weighted by atomic mass is 79.9. The Labute approximate surface area is 97.8 Å². The van der Waals surface area contributed by atoms with Crippen molar-refractivity contribution < 1.29 is 0 Å². The second-order valence-corrected chi connectivity index (χ2v) is 6.65. The molecule has 14 heavy (non-hydrogen) atoms. The van der Waals surface area contributed by atoms with E-state index in [1.165, 1.54) is 39.9 Å². The Bertz CT molecular complexity index is 298. The molecule has 0 saturated heterocycles. The number of thiophene rings is 1. The molecule has 0 aromatic carbocycles. The van der Waals surface area contributed by atoms with Gasteiger partial charge in [-0.2, -0.15) is 0 Å². The Hall–Kier alpha value is 0.140. The Kier molecular flexibility index (Phi) is 3.30. The molecule has 0 aliphatic heterocycles. The molecule has 78 valence electrons. The molecular weight excluding hydrogens is 258 g/mol. The maximum Gasteiger partial charge on any atom is 0.0731 e. The van der Waals surface area contributed by atoms with Gasteiger partial charge in [-0.3, -0.25) is 0 Å². The Morgan fingerprint density at radius 2 is 2.36 bits per heavy atom. The minimum Gasteiger partial charge on any atom is -0.323 e. The van der Waals surface area contributed by atoms with Crippen LogP contribution in [0.15, 0.2) is 9.85 Å². The first-order valence-electron chi connectivity index (χ1n) is 5.18. The molecule has 0 radical (unpaired) electrons. The molecule has 0 spiro atoms. The van der Waals surface area contributed by atoms with Crippen LogP contribution in [-0.2, 0) is 0 Å². The molecule has 1 nitrogen and oxygen atoms in total. The van der Waals surface area contributed by atoms with Gasteiger partial charge in [-0.05, 0) is 46.8 Å². The van der Waals surface area contributed by atoms with Crippen LogP contribution in [0.2, 0.25) is 0 Å². The van der Waals surface area contributed by atoms with E-state index in [9.17, 15) is 0 Å². The van der Waals surface area contributed by atoms with Crippen molar-refractivity contribution in [1.29, 1.82) is 0 Å². The largest absolute Gasteiger partial charge is 0.323 e. The second kappa shape index (κ2) is 4.33. The van der Waals surface area contributed by atoms with Crippen molar-refractivity contribution in [2.24, 2.45) is 11.7 Å². The van der Waals surface area contributed by atoms with Crippen LogP contribution < -0.4 is 5.73 Å². The quantitative estimate of drug-likeness (QED) is 0.885. The summed E-state index contributed by atoms with van der Waals surface area (Å²) < 4.78 is 1.23. The van der Waals surface area contributed by atoms with Crippen molar-refractivity contribution >= 4 is 27.3 Å². The van der Waals surface area contributed by atoms with Gasteiger partial charge in [0.1, 0.15) is 0 Å². The van der Waals surface area contributed by atoms with Gasteiger partial charge in [0, 0.05) is 10.9 Å². The highest BCUT2D eigenvalue weighted by molar-refractivity contribution is 9.11. The topological polar surface area (TPSA) is 26.0 Å². The zero-order valence-corrected chi connectivity index (χ0v) is 10.8. The summed E-state index contributed by atoms with van der Waals surface area (Å²) in [5, 5.41) is 0. The number of hydrogen-bond acceptors (Lipinski definition) is 2. The van der Waals surface area contributed by atoms with Crippen LogP contribution in [0.5, 0.6) is 0 Å². The van der Waals surface area contributed by atoms with E-state index in [-0.39, 0.29) is 6.04 Å². The van der Waals surface area contributed by atoms with Gasteiger partial charge in [0.25, 0.3) is 0 Å². The molecule has 3 heteroatoms. The minimum absolute atomic E-state index is 0.260. The van der Waals surface area contributed by atoms with Gasteiger partial charge < -0.3 is 5.73 Å². The lowest BCUT2D eigenvalue weighted by Crippen LogP contribution is -2.19. The van der Waals surface area contributed by atoms with Crippen molar-refractivity contribution in [1.82, 2.24) is 0 Å². The summed E-state index contributed by atoms with van der Waals surface area (Å²) in [6.07, 6.45) is 5.36. The molecular formula is C11H16BrNS. The molecule has 1 saturated carbocycles. The van der Waals surface area contributed by atoms with E-state index in [1.54, 1.807) is 11.3 Å². The fourth-order valence-corrected chi connectivity index (χ4v) is 3.46. The highest BCUT2D eigenvalue weighted by Crippen LogP contribution is 2.37. The van der Waals surface area contributed by atoms with Crippen LogP contribution in [0.3, 0.4) is 0 Å². The van der Waals surface area contributed by atoms with Crippen LogP contribution in [0.4, 0.5) is 0 Å². The lowest BCUT2D eigenvalue weighted by molar-refractivity contribution is 0.278. The molecule has 0 amide bonds. The SMILES string of the molecule is Cc1cc(C(N)CC2CCC2)sc1Br. The molecule has 1 atom stereocenters. The Balaban J connectivity index is 1.98. The monoisotopic (exact) mass is 273 g/mol. The molecule has 1 unspecified atom stereocenters. The normalized spacial score (nSPS) is 19.4. The molecule has 1 fully saturated rings. The van der Waals surface area contributed by atoms with Gasteiger partial charge >= 0.3 is 0 Å². The van der Waals surface area contributed by atoms with Gasteiger partial charge in [0.15, 0.2) is 0 Å². The van der Waals surface area contributed by atoms with Gasteiger partial charge in [0.2, 0.25) is 0 Å². The third-order valence-corrected chi connectivity index (χ3v) is 5.32. The lowest BCUT2D eigenvalue weighted by atomic mass is 9.81. The first-order chi connectivity index (χ1) is 6.66. The van der Waals surface area contributed by atoms with Gasteiger partial charge in [-0.1, -0.05) is 19.3 Å². The predicted octanol–water partition coefficient (Wildman–Crippen LogP) is 4.01.